The quantitative estimate of drug-likeness (QED) is 0.148. The molecule has 0 aliphatic rings. The van der Waals surface area contributed by atoms with E-state index < -0.39 is 5.91 Å². The van der Waals surface area contributed by atoms with Crippen LogP contribution in [0.25, 0.3) is 6.08 Å². The number of nitriles is 1. The van der Waals surface area contributed by atoms with Gasteiger partial charge in [-0.25, -0.2) is 0 Å². The van der Waals surface area contributed by atoms with Gasteiger partial charge in [0.15, 0.2) is 0 Å². The van der Waals surface area contributed by atoms with E-state index in [0.29, 0.717) is 37.5 Å². The van der Waals surface area contributed by atoms with Crippen molar-refractivity contribution in [1.82, 2.24) is 5.32 Å². The summed E-state index contributed by atoms with van der Waals surface area (Å²) in [5, 5.41) is 11.8. The summed E-state index contributed by atoms with van der Waals surface area (Å²) >= 11 is 3.49. The summed E-state index contributed by atoms with van der Waals surface area (Å²) in [5.41, 5.74) is 1.83. The Balaban J connectivity index is 1.80. The van der Waals surface area contributed by atoms with Crippen LogP contribution in [0.3, 0.4) is 0 Å². The Morgan fingerprint density at radius 2 is 1.91 bits per heavy atom. The Kier molecular flexibility index (Phi) is 11.1. The first-order chi connectivity index (χ1) is 16.0. The summed E-state index contributed by atoms with van der Waals surface area (Å²) in [4.78, 5) is 24.1. The number of benzene rings is 2. The maximum atomic E-state index is 12.1. The molecule has 0 saturated carbocycles. The number of rotatable bonds is 12. The Labute approximate surface area is 202 Å². The van der Waals surface area contributed by atoms with E-state index in [2.05, 4.69) is 28.2 Å². The number of esters is 1. The largest absolute Gasteiger partial charge is 0.492 e. The lowest BCUT2D eigenvalue weighted by Gasteiger charge is -2.09. The molecule has 0 atom stereocenters. The number of amides is 1. The zero-order valence-electron chi connectivity index (χ0n) is 18.7. The number of methoxy groups -OCH3 is 1. The average Bonchev–Trinajstić information content (AvgIpc) is 2.82. The zero-order valence-corrected chi connectivity index (χ0v) is 20.3. The summed E-state index contributed by atoms with van der Waals surface area (Å²) in [6.45, 7) is 3.16. The van der Waals surface area contributed by atoms with Crippen molar-refractivity contribution in [3.05, 3.63) is 63.6 Å². The molecule has 0 spiro atoms. The number of hydrogen-bond donors (Lipinski definition) is 1. The predicted octanol–water partition coefficient (Wildman–Crippen LogP) is 4.45. The fraction of sp³-hybridized carbons (Fsp3) is 0.320. The minimum Gasteiger partial charge on any atom is -0.492 e. The highest BCUT2D eigenvalue weighted by atomic mass is 79.9. The molecule has 1 N–H and O–H groups in total. The lowest BCUT2D eigenvalue weighted by Crippen LogP contribution is -2.27. The number of nitrogens with zero attached hydrogens (tertiary/aromatic N) is 1. The molecule has 0 heterocycles. The molecule has 0 fully saturated rings. The molecule has 0 aliphatic heterocycles. The van der Waals surface area contributed by atoms with Crippen LogP contribution in [0.5, 0.6) is 11.5 Å². The molecule has 2 rings (SSSR count). The molecule has 1 amide bonds. The van der Waals surface area contributed by atoms with Crippen LogP contribution < -0.4 is 14.8 Å². The zero-order chi connectivity index (χ0) is 24.1. The highest BCUT2D eigenvalue weighted by Crippen LogP contribution is 2.26. The third-order valence-electron chi connectivity index (χ3n) is 4.57. The van der Waals surface area contributed by atoms with E-state index in [0.717, 1.165) is 16.6 Å². The summed E-state index contributed by atoms with van der Waals surface area (Å²) < 4.78 is 16.8. The SMILES string of the molecule is CCc1ccc(OCCCC(=O)Oc2ccc(/C=C(\C#N)C(=O)NCCOC)cc2)c(Br)c1. The molecule has 8 heteroatoms. The van der Waals surface area contributed by atoms with Crippen molar-refractivity contribution in [1.29, 1.82) is 5.26 Å². The van der Waals surface area contributed by atoms with Gasteiger partial charge in [0, 0.05) is 20.1 Å². The molecule has 0 saturated heterocycles. The molecule has 33 heavy (non-hydrogen) atoms. The molecule has 0 bridgehead atoms. The molecule has 0 aliphatic carbocycles. The van der Waals surface area contributed by atoms with E-state index >= 15 is 0 Å². The monoisotopic (exact) mass is 514 g/mol. The molecule has 7 nitrogen and oxygen atoms in total. The highest BCUT2D eigenvalue weighted by molar-refractivity contribution is 9.10. The third kappa shape index (κ3) is 9.08. The summed E-state index contributed by atoms with van der Waals surface area (Å²) in [5.74, 6) is 0.297. The van der Waals surface area contributed by atoms with Gasteiger partial charge in [-0.15, -0.1) is 0 Å². The van der Waals surface area contributed by atoms with Crippen molar-refractivity contribution < 1.29 is 23.8 Å². The third-order valence-corrected chi connectivity index (χ3v) is 5.19. The fourth-order valence-corrected chi connectivity index (χ4v) is 3.31. The number of carbonyl (C=O) groups excluding carboxylic acids is 2. The number of nitrogens with one attached hydrogen (secondary N) is 1. The average molecular weight is 515 g/mol. The van der Waals surface area contributed by atoms with Crippen LogP contribution in [-0.2, 0) is 20.7 Å². The van der Waals surface area contributed by atoms with Crippen LogP contribution in [-0.4, -0.2) is 38.7 Å². The molecule has 0 aromatic heterocycles. The van der Waals surface area contributed by atoms with E-state index in [4.69, 9.17) is 14.2 Å². The first-order valence-electron chi connectivity index (χ1n) is 10.6. The van der Waals surface area contributed by atoms with Gasteiger partial charge >= 0.3 is 5.97 Å². The van der Waals surface area contributed by atoms with Crippen molar-refractivity contribution in [2.75, 3.05) is 26.9 Å². The maximum Gasteiger partial charge on any atom is 0.311 e. The van der Waals surface area contributed by atoms with E-state index in [-0.39, 0.29) is 18.0 Å². The van der Waals surface area contributed by atoms with Crippen molar-refractivity contribution in [3.8, 4) is 17.6 Å². The highest BCUT2D eigenvalue weighted by Gasteiger charge is 2.09. The second kappa shape index (κ2) is 14.1. The molecule has 2 aromatic rings. The summed E-state index contributed by atoms with van der Waals surface area (Å²) in [7, 11) is 1.53. The number of aryl methyl sites for hydroxylation is 1. The standard InChI is InChI=1S/C25H27BrN2O5/c1-3-18-8-11-23(22(26)16-18)32-13-4-5-24(29)33-21-9-6-19(7-10-21)15-20(17-27)25(30)28-12-14-31-2/h6-11,15-16H,3-5,12-14H2,1-2H3,(H,28,30)/b20-15+. The van der Waals surface area contributed by atoms with Crippen LogP contribution in [0.2, 0.25) is 0 Å². The molecule has 0 unspecified atom stereocenters. The Morgan fingerprint density at radius 3 is 2.55 bits per heavy atom. The molecule has 174 valence electrons. The van der Waals surface area contributed by atoms with Crippen LogP contribution in [0.4, 0.5) is 0 Å². The maximum absolute atomic E-state index is 12.1. The first-order valence-corrected chi connectivity index (χ1v) is 11.4. The molecular formula is C25H27BrN2O5. The van der Waals surface area contributed by atoms with E-state index in [1.165, 1.54) is 18.7 Å². The topological polar surface area (TPSA) is 97.7 Å². The van der Waals surface area contributed by atoms with Crippen molar-refractivity contribution in [2.45, 2.75) is 26.2 Å². The van der Waals surface area contributed by atoms with Gasteiger partial charge in [-0.3, -0.25) is 9.59 Å². The Hall–Kier alpha value is -3.15. The fourth-order valence-electron chi connectivity index (χ4n) is 2.77. The van der Waals surface area contributed by atoms with E-state index in [9.17, 15) is 14.9 Å². The van der Waals surface area contributed by atoms with Crippen LogP contribution >= 0.6 is 15.9 Å². The van der Waals surface area contributed by atoms with Gasteiger partial charge in [0.25, 0.3) is 5.91 Å². The van der Waals surface area contributed by atoms with E-state index in [1.54, 1.807) is 24.3 Å². The van der Waals surface area contributed by atoms with Gasteiger partial charge in [0.05, 0.1) is 17.7 Å². The van der Waals surface area contributed by atoms with Crippen molar-refractivity contribution >= 4 is 33.9 Å². The van der Waals surface area contributed by atoms with Crippen LogP contribution in [0.1, 0.15) is 30.9 Å². The number of ether oxygens (including phenoxy) is 3. The number of carbonyl (C=O) groups is 2. The van der Waals surface area contributed by atoms with Crippen molar-refractivity contribution in [3.63, 3.8) is 0 Å². The smallest absolute Gasteiger partial charge is 0.311 e. The first kappa shape index (κ1) is 26.1. The predicted molar refractivity (Wildman–Crippen MR) is 129 cm³/mol. The van der Waals surface area contributed by atoms with Gasteiger partial charge in [-0.2, -0.15) is 5.26 Å². The van der Waals surface area contributed by atoms with Gasteiger partial charge in [0.1, 0.15) is 23.1 Å². The summed E-state index contributed by atoms with van der Waals surface area (Å²) in [6, 6.07) is 14.4. The molecular weight excluding hydrogens is 488 g/mol. The molecule has 0 radical (unpaired) electrons. The van der Waals surface area contributed by atoms with Gasteiger partial charge in [-0.05, 0) is 70.2 Å². The van der Waals surface area contributed by atoms with Crippen molar-refractivity contribution in [2.24, 2.45) is 0 Å². The summed E-state index contributed by atoms with van der Waals surface area (Å²) in [6.07, 6.45) is 3.15. The normalized spacial score (nSPS) is 10.9. The number of halogens is 1. The van der Waals surface area contributed by atoms with Crippen LogP contribution in [0, 0.1) is 11.3 Å². The number of hydrogen-bond acceptors (Lipinski definition) is 6. The Morgan fingerprint density at radius 1 is 1.15 bits per heavy atom. The Bertz CT molecular complexity index is 1010. The second-order valence-corrected chi connectivity index (χ2v) is 7.89. The lowest BCUT2D eigenvalue weighted by molar-refractivity contribution is -0.134. The van der Waals surface area contributed by atoms with Crippen LogP contribution in [0.15, 0.2) is 52.5 Å². The van der Waals surface area contributed by atoms with Gasteiger partial charge in [0.2, 0.25) is 0 Å². The van der Waals surface area contributed by atoms with E-state index in [1.807, 2.05) is 24.3 Å². The minimum atomic E-state index is -0.472. The minimum absolute atomic E-state index is 0.0215. The lowest BCUT2D eigenvalue weighted by atomic mass is 10.1. The second-order valence-electron chi connectivity index (χ2n) is 7.03. The molecule has 2 aromatic carbocycles. The van der Waals surface area contributed by atoms with Gasteiger partial charge < -0.3 is 19.5 Å². The van der Waals surface area contributed by atoms with Gasteiger partial charge in [-0.1, -0.05) is 25.1 Å².